The van der Waals surface area contributed by atoms with Crippen molar-refractivity contribution in [2.75, 3.05) is 6.61 Å². The van der Waals surface area contributed by atoms with Crippen LogP contribution in [0.1, 0.15) is 77.9 Å². The van der Waals surface area contributed by atoms with Gasteiger partial charge in [0, 0.05) is 16.7 Å². The van der Waals surface area contributed by atoms with Crippen molar-refractivity contribution in [2.45, 2.75) is 95.0 Å². The topological polar surface area (TPSA) is 64.6 Å². The lowest BCUT2D eigenvalue weighted by molar-refractivity contribution is 0.264. The first-order valence-electron chi connectivity index (χ1n) is 22.6. The number of hydrogen-bond donors (Lipinski definition) is 0. The largest absolute Gasteiger partial charge is 0.489 e. The zero-order valence-electron chi connectivity index (χ0n) is 39.7. The van der Waals surface area contributed by atoms with Gasteiger partial charge in [-0.3, -0.25) is 0 Å². The maximum Gasteiger partial charge on any atom is 0.126 e. The van der Waals surface area contributed by atoms with Gasteiger partial charge in [-0.1, -0.05) is 102 Å². The minimum absolute atomic E-state index is 0.249. The molecule has 7 heteroatoms. The summed E-state index contributed by atoms with van der Waals surface area (Å²) in [6.07, 6.45) is 1.74. The van der Waals surface area contributed by atoms with E-state index in [0.717, 1.165) is 84.4 Å². The minimum atomic E-state index is 0.249. The maximum absolute atomic E-state index is 6.64. The van der Waals surface area contributed by atoms with E-state index in [4.69, 9.17) is 33.2 Å². The summed E-state index contributed by atoms with van der Waals surface area (Å²) in [6, 6.07) is 43.3. The van der Waals surface area contributed by atoms with E-state index < -0.39 is 0 Å². The first-order valence-corrected chi connectivity index (χ1v) is 22.6. The fourth-order valence-corrected chi connectivity index (χ4v) is 7.87. The molecule has 7 nitrogen and oxygen atoms in total. The molecule has 7 rings (SSSR count). The molecule has 0 bridgehead atoms. The Labute approximate surface area is 391 Å². The molecular formula is C59H62O7. The van der Waals surface area contributed by atoms with E-state index in [9.17, 15) is 0 Å². The molecule has 0 atom stereocenters. The summed E-state index contributed by atoms with van der Waals surface area (Å²) in [5, 5.41) is 0. The first kappa shape index (κ1) is 46.9. The number of benzene rings is 7. The Morgan fingerprint density at radius 1 is 0.303 bits per heavy atom. The van der Waals surface area contributed by atoms with Crippen molar-refractivity contribution in [3.05, 3.63) is 218 Å². The standard InChI is InChI=1S/C59H62O7/c1-10-25-60-57-22-15-49(35-63-58-23-16-47(33-61-53-18-11-39(2)26-43(53)6)31-51(58)36-64-55-20-13-41(4)28-45(55)8)30-50(57)38-66-59-24-17-48(34-62-54-19-12-40(3)27-44(54)7)32-52(59)37-65-56-21-14-42(5)29-46(56)9/h10-24,26-32H,1,25,33-38H2,2-9H3. The summed E-state index contributed by atoms with van der Waals surface area (Å²) in [5.41, 5.74) is 14.8. The Morgan fingerprint density at radius 2 is 0.561 bits per heavy atom. The molecule has 0 aliphatic heterocycles. The zero-order valence-corrected chi connectivity index (χ0v) is 39.7. The van der Waals surface area contributed by atoms with Gasteiger partial charge in [0.05, 0.1) is 0 Å². The summed E-state index contributed by atoms with van der Waals surface area (Å²) < 4.78 is 44.7. The van der Waals surface area contributed by atoms with Gasteiger partial charge >= 0.3 is 0 Å². The summed E-state index contributed by atoms with van der Waals surface area (Å²) in [5.74, 6) is 5.55. The molecule has 0 aromatic heterocycles. The molecule has 0 fully saturated rings. The molecule has 0 aliphatic carbocycles. The van der Waals surface area contributed by atoms with Crippen LogP contribution in [0.4, 0.5) is 0 Å². The van der Waals surface area contributed by atoms with Crippen molar-refractivity contribution >= 4 is 0 Å². The Morgan fingerprint density at radius 3 is 0.864 bits per heavy atom. The van der Waals surface area contributed by atoms with Gasteiger partial charge in [0.15, 0.2) is 0 Å². The minimum Gasteiger partial charge on any atom is -0.489 e. The van der Waals surface area contributed by atoms with Gasteiger partial charge < -0.3 is 33.2 Å². The molecule has 0 saturated heterocycles. The number of ether oxygens (including phenoxy) is 7. The highest BCUT2D eigenvalue weighted by Crippen LogP contribution is 2.31. The summed E-state index contributed by atoms with van der Waals surface area (Å²) in [6.45, 7) is 22.9. The number of aryl methyl sites for hydroxylation is 8. The molecule has 340 valence electrons. The fraction of sp³-hybridized carbons (Fsp3) is 0.254. The van der Waals surface area contributed by atoms with Gasteiger partial charge in [-0.15, -0.1) is 0 Å². The normalized spacial score (nSPS) is 10.9. The van der Waals surface area contributed by atoms with Crippen LogP contribution in [0.3, 0.4) is 0 Å². The van der Waals surface area contributed by atoms with Gasteiger partial charge in [0.25, 0.3) is 0 Å². The molecule has 0 saturated carbocycles. The summed E-state index contributed by atoms with van der Waals surface area (Å²) in [7, 11) is 0. The van der Waals surface area contributed by atoms with Crippen LogP contribution < -0.4 is 33.2 Å². The molecular weight excluding hydrogens is 821 g/mol. The van der Waals surface area contributed by atoms with Crippen molar-refractivity contribution < 1.29 is 33.2 Å². The van der Waals surface area contributed by atoms with Gasteiger partial charge in [0.1, 0.15) is 86.5 Å². The molecule has 7 aromatic carbocycles. The molecule has 0 aliphatic rings. The summed E-state index contributed by atoms with van der Waals surface area (Å²) in [4.78, 5) is 0. The van der Waals surface area contributed by atoms with E-state index >= 15 is 0 Å². The lowest BCUT2D eigenvalue weighted by atomic mass is 10.1. The lowest BCUT2D eigenvalue weighted by Crippen LogP contribution is -2.07. The predicted molar refractivity (Wildman–Crippen MR) is 265 cm³/mol. The Balaban J connectivity index is 1.10. The van der Waals surface area contributed by atoms with Crippen LogP contribution in [0, 0.1) is 55.4 Å². The second kappa shape index (κ2) is 22.2. The Hall–Kier alpha value is -7.12. The molecule has 0 radical (unpaired) electrons. The molecule has 0 amide bonds. The third-order valence-corrected chi connectivity index (χ3v) is 11.4. The summed E-state index contributed by atoms with van der Waals surface area (Å²) >= 11 is 0. The predicted octanol–water partition coefficient (Wildman–Crippen LogP) is 14.2. The van der Waals surface area contributed by atoms with E-state index in [-0.39, 0.29) is 6.61 Å². The van der Waals surface area contributed by atoms with Crippen molar-refractivity contribution in [2.24, 2.45) is 0 Å². The lowest BCUT2D eigenvalue weighted by Gasteiger charge is -2.18. The molecule has 0 heterocycles. The molecule has 0 unspecified atom stereocenters. The Bertz CT molecular complexity index is 2790. The highest BCUT2D eigenvalue weighted by atomic mass is 16.5. The van der Waals surface area contributed by atoms with Crippen molar-refractivity contribution in [1.29, 1.82) is 0 Å². The average molecular weight is 883 g/mol. The monoisotopic (exact) mass is 882 g/mol. The first-order chi connectivity index (χ1) is 31.9. The van der Waals surface area contributed by atoms with Crippen LogP contribution in [0.5, 0.6) is 40.2 Å². The highest BCUT2D eigenvalue weighted by molar-refractivity contribution is 5.44. The second-order valence-corrected chi connectivity index (χ2v) is 17.2. The highest BCUT2D eigenvalue weighted by Gasteiger charge is 2.15. The Kier molecular flexibility index (Phi) is 15.7. The third kappa shape index (κ3) is 12.8. The van der Waals surface area contributed by atoms with Crippen LogP contribution in [0.2, 0.25) is 0 Å². The molecule has 66 heavy (non-hydrogen) atoms. The van der Waals surface area contributed by atoms with Gasteiger partial charge in [-0.25, -0.2) is 0 Å². The van der Waals surface area contributed by atoms with E-state index in [1.54, 1.807) is 6.08 Å². The third-order valence-electron chi connectivity index (χ3n) is 11.4. The van der Waals surface area contributed by atoms with Gasteiger partial charge in [-0.05, 0) is 155 Å². The fourth-order valence-electron chi connectivity index (χ4n) is 7.87. The van der Waals surface area contributed by atoms with E-state index in [0.29, 0.717) is 51.1 Å². The number of hydrogen-bond acceptors (Lipinski definition) is 7. The van der Waals surface area contributed by atoms with E-state index in [1.807, 2.05) is 60.7 Å². The van der Waals surface area contributed by atoms with Crippen LogP contribution in [-0.4, -0.2) is 6.61 Å². The van der Waals surface area contributed by atoms with E-state index in [1.165, 1.54) is 22.3 Å². The quantitative estimate of drug-likeness (QED) is 0.0666. The van der Waals surface area contributed by atoms with Gasteiger partial charge in [-0.2, -0.15) is 0 Å². The number of rotatable bonds is 21. The molecule has 0 spiro atoms. The average Bonchev–Trinajstić information content (AvgIpc) is 3.29. The van der Waals surface area contributed by atoms with Crippen LogP contribution in [0.25, 0.3) is 0 Å². The van der Waals surface area contributed by atoms with Crippen molar-refractivity contribution in [1.82, 2.24) is 0 Å². The molecule has 0 N–H and O–H groups in total. The van der Waals surface area contributed by atoms with Crippen molar-refractivity contribution in [3.63, 3.8) is 0 Å². The SMILES string of the molecule is C=CCOc1ccc(COc2ccc(COc3ccc(C)cc3C)cc2COc2ccc(C)cc2C)cc1COc1ccc(COc2ccc(C)cc2C)cc1COc1ccc(C)cc1C. The zero-order chi connectivity index (χ0) is 46.6. The maximum atomic E-state index is 6.64. The second-order valence-electron chi connectivity index (χ2n) is 17.2. The van der Waals surface area contributed by atoms with E-state index in [2.05, 4.69) is 129 Å². The van der Waals surface area contributed by atoms with Crippen molar-refractivity contribution in [3.8, 4) is 40.2 Å². The van der Waals surface area contributed by atoms with Crippen LogP contribution >= 0.6 is 0 Å². The van der Waals surface area contributed by atoms with Crippen LogP contribution in [0.15, 0.2) is 140 Å². The van der Waals surface area contributed by atoms with Crippen LogP contribution in [-0.2, 0) is 39.6 Å². The van der Waals surface area contributed by atoms with Gasteiger partial charge in [0.2, 0.25) is 0 Å². The molecule has 7 aromatic rings. The smallest absolute Gasteiger partial charge is 0.126 e.